The van der Waals surface area contributed by atoms with Crippen LogP contribution in [0, 0.1) is 16.7 Å². The summed E-state index contributed by atoms with van der Waals surface area (Å²) in [5.41, 5.74) is -1.34. The number of carbonyl (C=O) groups excluding carboxylic acids is 3. The van der Waals surface area contributed by atoms with E-state index in [1.807, 2.05) is 13.0 Å². The summed E-state index contributed by atoms with van der Waals surface area (Å²) in [6.07, 6.45) is 6.20. The van der Waals surface area contributed by atoms with Crippen molar-refractivity contribution >= 4 is 17.7 Å². The zero-order chi connectivity index (χ0) is 18.7. The molecule has 0 aromatic rings. The van der Waals surface area contributed by atoms with Crippen molar-refractivity contribution in [3.63, 3.8) is 0 Å². The lowest BCUT2D eigenvalue weighted by Gasteiger charge is -2.58. The van der Waals surface area contributed by atoms with Gasteiger partial charge in [0.25, 0.3) is 0 Å². The molecule has 4 aliphatic rings. The highest BCUT2D eigenvalue weighted by atomic mass is 16.5. The van der Waals surface area contributed by atoms with E-state index in [0.717, 1.165) is 18.4 Å². The Morgan fingerprint density at radius 2 is 2.00 bits per heavy atom. The molecule has 0 radical (unpaired) electrons. The molecule has 0 amide bonds. The smallest absolute Gasteiger partial charge is 0.334 e. The molecular weight excluding hydrogens is 336 g/mol. The van der Waals surface area contributed by atoms with Gasteiger partial charge in [-0.15, -0.1) is 0 Å². The Morgan fingerprint density at radius 3 is 2.69 bits per heavy atom. The fourth-order valence-corrected chi connectivity index (χ4v) is 5.51. The van der Waals surface area contributed by atoms with Crippen molar-refractivity contribution in [1.29, 1.82) is 0 Å². The molecule has 0 bridgehead atoms. The van der Waals surface area contributed by atoms with Gasteiger partial charge in [0.1, 0.15) is 18.8 Å². The lowest BCUT2D eigenvalue weighted by Crippen LogP contribution is -2.64. The summed E-state index contributed by atoms with van der Waals surface area (Å²) in [6.45, 7) is 4.03. The monoisotopic (exact) mass is 360 g/mol. The first-order valence-corrected chi connectivity index (χ1v) is 9.20. The summed E-state index contributed by atoms with van der Waals surface area (Å²) < 4.78 is 10.3. The maximum atomic E-state index is 12.9. The molecule has 140 valence electrons. The van der Waals surface area contributed by atoms with E-state index in [4.69, 9.17) is 9.47 Å². The molecular formula is C20H24O6. The summed E-state index contributed by atoms with van der Waals surface area (Å²) >= 11 is 0. The summed E-state index contributed by atoms with van der Waals surface area (Å²) in [4.78, 5) is 36.5. The number of ether oxygens (including phenoxy) is 2. The maximum absolute atomic E-state index is 12.9. The molecule has 2 heterocycles. The number of hydrogen-bond acceptors (Lipinski definition) is 6. The number of rotatable bonds is 3. The van der Waals surface area contributed by atoms with Crippen LogP contribution in [0.2, 0.25) is 0 Å². The van der Waals surface area contributed by atoms with E-state index in [-0.39, 0.29) is 43.3 Å². The lowest BCUT2D eigenvalue weighted by molar-refractivity contribution is -0.184. The summed E-state index contributed by atoms with van der Waals surface area (Å²) in [6, 6.07) is 0. The maximum Gasteiger partial charge on any atom is 0.334 e. The quantitative estimate of drug-likeness (QED) is 0.773. The Bertz CT molecular complexity index is 760. The van der Waals surface area contributed by atoms with Gasteiger partial charge in [0, 0.05) is 28.9 Å². The van der Waals surface area contributed by atoms with Crippen molar-refractivity contribution in [2.45, 2.75) is 51.6 Å². The number of aliphatic hydroxyl groups is 1. The largest absolute Gasteiger partial charge is 0.461 e. The molecule has 6 heteroatoms. The molecule has 2 aliphatic heterocycles. The van der Waals surface area contributed by atoms with Gasteiger partial charge < -0.3 is 14.6 Å². The zero-order valence-corrected chi connectivity index (χ0v) is 15.2. The Labute approximate surface area is 152 Å². The first kappa shape index (κ1) is 17.5. The summed E-state index contributed by atoms with van der Waals surface area (Å²) in [5, 5.41) is 11.2. The standard InChI is InChI=1S/C20H24O6/c1-18(7-6-12-8-16(22)25-10-12)14-5-3-4-13-17(23)26-11-20(13,14)9-15(21)19(18,2)24/h4,8,14,24H,3,5-7,9-11H2,1-2H3. The van der Waals surface area contributed by atoms with Gasteiger partial charge in [-0.1, -0.05) is 13.0 Å². The van der Waals surface area contributed by atoms with Gasteiger partial charge in [-0.05, 0) is 44.1 Å². The minimum absolute atomic E-state index is 0.0345. The van der Waals surface area contributed by atoms with Crippen molar-refractivity contribution in [2.24, 2.45) is 16.7 Å². The molecule has 1 saturated carbocycles. The van der Waals surface area contributed by atoms with Crippen LogP contribution in [-0.2, 0) is 23.9 Å². The molecule has 0 aromatic heterocycles. The number of allylic oxidation sites excluding steroid dienone is 1. The molecule has 4 atom stereocenters. The highest BCUT2D eigenvalue weighted by Crippen LogP contribution is 2.64. The number of carbonyl (C=O) groups is 3. The van der Waals surface area contributed by atoms with E-state index in [9.17, 15) is 19.5 Å². The van der Waals surface area contributed by atoms with Crippen LogP contribution >= 0.6 is 0 Å². The van der Waals surface area contributed by atoms with Crippen LogP contribution in [0.3, 0.4) is 0 Å². The third kappa shape index (κ3) is 2.17. The van der Waals surface area contributed by atoms with E-state index >= 15 is 0 Å². The van der Waals surface area contributed by atoms with E-state index in [0.29, 0.717) is 18.4 Å². The molecule has 1 N–H and O–H groups in total. The van der Waals surface area contributed by atoms with E-state index in [1.54, 1.807) is 6.92 Å². The third-order valence-electron chi connectivity index (χ3n) is 7.28. The molecule has 2 fully saturated rings. The number of Topliss-reactive ketones (excluding diaryl/α,β-unsaturated/α-hetero) is 1. The number of hydrogen-bond donors (Lipinski definition) is 1. The van der Waals surface area contributed by atoms with Crippen molar-refractivity contribution < 1.29 is 29.0 Å². The zero-order valence-electron chi connectivity index (χ0n) is 15.2. The number of cyclic esters (lactones) is 2. The van der Waals surface area contributed by atoms with Crippen molar-refractivity contribution in [1.82, 2.24) is 0 Å². The lowest BCUT2D eigenvalue weighted by atomic mass is 9.45. The van der Waals surface area contributed by atoms with Gasteiger partial charge in [0.2, 0.25) is 0 Å². The van der Waals surface area contributed by atoms with Crippen LogP contribution in [0.25, 0.3) is 0 Å². The van der Waals surface area contributed by atoms with E-state index in [2.05, 4.69) is 0 Å². The second-order valence-corrected chi connectivity index (χ2v) is 8.48. The Kier molecular flexibility index (Phi) is 3.71. The molecule has 1 saturated heterocycles. The van der Waals surface area contributed by atoms with Gasteiger partial charge >= 0.3 is 11.9 Å². The highest BCUT2D eigenvalue weighted by molar-refractivity contribution is 5.97. The fourth-order valence-electron chi connectivity index (χ4n) is 5.51. The van der Waals surface area contributed by atoms with Crippen molar-refractivity contribution in [3.05, 3.63) is 23.3 Å². The van der Waals surface area contributed by atoms with Gasteiger partial charge in [0.05, 0.1) is 0 Å². The van der Waals surface area contributed by atoms with Crippen LogP contribution < -0.4 is 0 Å². The summed E-state index contributed by atoms with van der Waals surface area (Å²) in [7, 11) is 0. The van der Waals surface area contributed by atoms with Crippen molar-refractivity contribution in [3.8, 4) is 0 Å². The molecule has 6 nitrogen and oxygen atoms in total. The second kappa shape index (κ2) is 5.52. The Morgan fingerprint density at radius 1 is 1.23 bits per heavy atom. The molecule has 4 rings (SSSR count). The van der Waals surface area contributed by atoms with E-state index in [1.165, 1.54) is 6.08 Å². The Balaban J connectivity index is 1.72. The SMILES string of the molecule is CC1(O)C(=O)CC23COC(=O)C2=CCCC3C1(C)CCC1=CC(=O)OC1. The first-order chi connectivity index (χ1) is 12.2. The van der Waals surface area contributed by atoms with Crippen LogP contribution in [0.15, 0.2) is 23.3 Å². The molecule has 0 aromatic carbocycles. The van der Waals surface area contributed by atoms with Gasteiger partial charge in [-0.3, -0.25) is 4.79 Å². The second-order valence-electron chi connectivity index (χ2n) is 8.48. The predicted molar refractivity (Wildman–Crippen MR) is 90.8 cm³/mol. The minimum Gasteiger partial charge on any atom is -0.461 e. The number of ketones is 1. The fraction of sp³-hybridized carbons (Fsp3) is 0.650. The minimum atomic E-state index is -1.49. The van der Waals surface area contributed by atoms with E-state index < -0.39 is 16.4 Å². The highest BCUT2D eigenvalue weighted by Gasteiger charge is 2.68. The molecule has 26 heavy (non-hydrogen) atoms. The first-order valence-electron chi connectivity index (χ1n) is 9.20. The van der Waals surface area contributed by atoms with Gasteiger partial charge in [-0.25, -0.2) is 9.59 Å². The third-order valence-corrected chi connectivity index (χ3v) is 7.28. The molecule has 4 unspecified atom stereocenters. The van der Waals surface area contributed by atoms with Gasteiger partial charge in [0.15, 0.2) is 5.78 Å². The van der Waals surface area contributed by atoms with Crippen molar-refractivity contribution in [2.75, 3.05) is 13.2 Å². The normalized spacial score (nSPS) is 41.8. The molecule has 1 spiro atoms. The summed E-state index contributed by atoms with van der Waals surface area (Å²) in [5.74, 6) is -0.947. The molecule has 2 aliphatic carbocycles. The van der Waals surface area contributed by atoms with Crippen LogP contribution in [0.5, 0.6) is 0 Å². The average Bonchev–Trinajstić information content (AvgIpc) is 3.15. The van der Waals surface area contributed by atoms with Gasteiger partial charge in [-0.2, -0.15) is 0 Å². The number of esters is 2. The Hall–Kier alpha value is -1.95. The predicted octanol–water partition coefficient (Wildman–Crippen LogP) is 1.86. The van der Waals surface area contributed by atoms with Crippen LogP contribution in [0.1, 0.15) is 46.0 Å². The van der Waals surface area contributed by atoms with Crippen LogP contribution in [-0.4, -0.2) is 41.6 Å². The topological polar surface area (TPSA) is 89.9 Å². The average molecular weight is 360 g/mol. The van der Waals surface area contributed by atoms with Crippen LogP contribution in [0.4, 0.5) is 0 Å².